The van der Waals surface area contributed by atoms with E-state index in [0.717, 1.165) is 25.9 Å². The Labute approximate surface area is 118 Å². The Hall–Kier alpha value is -0.610. The van der Waals surface area contributed by atoms with Crippen molar-refractivity contribution in [1.29, 1.82) is 0 Å². The minimum atomic E-state index is -0.726. The van der Waals surface area contributed by atoms with Gasteiger partial charge in [-0.15, -0.1) is 0 Å². The third kappa shape index (κ3) is 9.91. The number of hydrogen-bond donors (Lipinski definition) is 1. The van der Waals surface area contributed by atoms with Gasteiger partial charge < -0.3 is 10.0 Å². The fourth-order valence-corrected chi connectivity index (χ4v) is 2.38. The smallest absolute Gasteiger partial charge is 0.317 e. The van der Waals surface area contributed by atoms with Crippen molar-refractivity contribution >= 4 is 5.97 Å². The van der Waals surface area contributed by atoms with E-state index in [-0.39, 0.29) is 6.54 Å². The minimum Gasteiger partial charge on any atom is -0.480 e. The number of nitrogens with zero attached hydrogens (tertiary/aromatic N) is 2. The fraction of sp³-hybridized carbons (Fsp3) is 0.933. The molecule has 19 heavy (non-hydrogen) atoms. The number of carbonyl (C=O) groups is 1. The average molecular weight is 272 g/mol. The number of aliphatic carboxylic acids is 1. The van der Waals surface area contributed by atoms with Crippen molar-refractivity contribution in [3.05, 3.63) is 0 Å². The van der Waals surface area contributed by atoms with Crippen LogP contribution < -0.4 is 0 Å². The summed E-state index contributed by atoms with van der Waals surface area (Å²) in [4.78, 5) is 15.3. The molecule has 0 spiro atoms. The summed E-state index contributed by atoms with van der Waals surface area (Å²) in [5.74, 6) is 0.468. The molecule has 0 radical (unpaired) electrons. The highest BCUT2D eigenvalue weighted by atomic mass is 16.4. The van der Waals surface area contributed by atoms with Gasteiger partial charge in [-0.25, -0.2) is 0 Å². The third-order valence-electron chi connectivity index (χ3n) is 3.18. The zero-order valence-corrected chi connectivity index (χ0v) is 13.5. The van der Waals surface area contributed by atoms with Crippen LogP contribution in [0.5, 0.6) is 0 Å². The van der Waals surface area contributed by atoms with E-state index in [1.54, 1.807) is 0 Å². The molecular formula is C15H32N2O2. The van der Waals surface area contributed by atoms with Crippen LogP contribution in [0.1, 0.15) is 40.5 Å². The average Bonchev–Trinajstić information content (AvgIpc) is 2.21. The van der Waals surface area contributed by atoms with E-state index in [9.17, 15) is 4.79 Å². The molecule has 0 saturated carbocycles. The summed E-state index contributed by atoms with van der Waals surface area (Å²) in [7, 11) is 4.05. The maximum Gasteiger partial charge on any atom is 0.317 e. The molecule has 114 valence electrons. The van der Waals surface area contributed by atoms with Crippen molar-refractivity contribution in [3.63, 3.8) is 0 Å². The number of carboxylic acid groups (broad SMARTS) is 1. The first-order valence-corrected chi connectivity index (χ1v) is 7.32. The van der Waals surface area contributed by atoms with Gasteiger partial charge in [0.15, 0.2) is 0 Å². The second kappa shape index (κ2) is 9.32. The molecule has 1 N–H and O–H groups in total. The van der Waals surface area contributed by atoms with E-state index in [2.05, 4.69) is 37.5 Å². The second-order valence-corrected chi connectivity index (χ2v) is 6.58. The molecule has 0 aliphatic heterocycles. The van der Waals surface area contributed by atoms with Crippen LogP contribution >= 0.6 is 0 Å². The number of rotatable bonds is 10. The Morgan fingerprint density at radius 1 is 1.00 bits per heavy atom. The molecular weight excluding hydrogens is 240 g/mol. The topological polar surface area (TPSA) is 43.8 Å². The molecule has 0 aromatic rings. The van der Waals surface area contributed by atoms with E-state index < -0.39 is 5.97 Å². The van der Waals surface area contributed by atoms with Gasteiger partial charge in [0, 0.05) is 19.1 Å². The summed E-state index contributed by atoms with van der Waals surface area (Å²) < 4.78 is 0. The van der Waals surface area contributed by atoms with Crippen LogP contribution in [0.15, 0.2) is 0 Å². The number of carboxylic acids is 1. The first-order chi connectivity index (χ1) is 8.72. The van der Waals surface area contributed by atoms with Gasteiger partial charge in [-0.1, -0.05) is 27.7 Å². The molecule has 0 aliphatic rings. The van der Waals surface area contributed by atoms with Gasteiger partial charge in [0.2, 0.25) is 0 Å². The number of likely N-dealkylation sites (N-methyl/N-ethyl adjacent to an activating group) is 1. The minimum absolute atomic E-state index is 0.151. The molecule has 4 heteroatoms. The largest absolute Gasteiger partial charge is 0.480 e. The summed E-state index contributed by atoms with van der Waals surface area (Å²) in [6, 6.07) is 0.371. The normalized spacial score (nSPS) is 12.4. The van der Waals surface area contributed by atoms with Crippen molar-refractivity contribution in [1.82, 2.24) is 9.80 Å². The molecule has 0 aliphatic carbocycles. The highest BCUT2D eigenvalue weighted by molar-refractivity contribution is 5.69. The predicted molar refractivity (Wildman–Crippen MR) is 80.5 cm³/mol. The summed E-state index contributed by atoms with van der Waals surface area (Å²) in [6.07, 6.45) is 2.14. The van der Waals surface area contributed by atoms with Gasteiger partial charge in [-0.2, -0.15) is 0 Å². The molecule has 0 fully saturated rings. The Balaban J connectivity index is 4.71. The van der Waals surface area contributed by atoms with Gasteiger partial charge in [0.1, 0.15) is 0 Å². The lowest BCUT2D eigenvalue weighted by Gasteiger charge is -2.33. The van der Waals surface area contributed by atoms with Gasteiger partial charge in [-0.05, 0) is 38.8 Å². The van der Waals surface area contributed by atoms with Crippen LogP contribution in [0.25, 0.3) is 0 Å². The zero-order chi connectivity index (χ0) is 15.0. The van der Waals surface area contributed by atoms with E-state index in [0.29, 0.717) is 17.9 Å². The summed E-state index contributed by atoms with van der Waals surface area (Å²) in [5, 5.41) is 9.11. The van der Waals surface area contributed by atoms with E-state index in [1.165, 1.54) is 0 Å². The van der Waals surface area contributed by atoms with Crippen molar-refractivity contribution in [2.45, 2.75) is 46.6 Å². The maximum absolute atomic E-state index is 11.1. The van der Waals surface area contributed by atoms with E-state index >= 15 is 0 Å². The molecule has 0 amide bonds. The second-order valence-electron chi connectivity index (χ2n) is 6.58. The summed E-state index contributed by atoms with van der Waals surface area (Å²) in [6.45, 7) is 10.7. The number of hydrogen-bond acceptors (Lipinski definition) is 3. The van der Waals surface area contributed by atoms with Crippen LogP contribution in [-0.2, 0) is 4.79 Å². The standard InChI is InChI=1S/C15H32N2O2/c1-12(2)9-14(10-13(3)4)17(11-15(18)19)8-7-16(5)6/h12-14H,7-11H2,1-6H3,(H,18,19). The van der Waals surface area contributed by atoms with Crippen LogP contribution in [-0.4, -0.2) is 60.6 Å². The van der Waals surface area contributed by atoms with Crippen molar-refractivity contribution in [3.8, 4) is 0 Å². The first-order valence-electron chi connectivity index (χ1n) is 7.32. The molecule has 0 aromatic heterocycles. The highest BCUT2D eigenvalue weighted by Gasteiger charge is 2.22. The summed E-state index contributed by atoms with van der Waals surface area (Å²) >= 11 is 0. The van der Waals surface area contributed by atoms with Crippen LogP contribution in [0.4, 0.5) is 0 Å². The van der Waals surface area contributed by atoms with Crippen LogP contribution in [0.3, 0.4) is 0 Å². The Kier molecular flexibility index (Phi) is 9.02. The van der Waals surface area contributed by atoms with Gasteiger partial charge in [0.25, 0.3) is 0 Å². The van der Waals surface area contributed by atoms with Crippen molar-refractivity contribution < 1.29 is 9.90 Å². The van der Waals surface area contributed by atoms with Crippen molar-refractivity contribution in [2.24, 2.45) is 11.8 Å². The Morgan fingerprint density at radius 2 is 1.47 bits per heavy atom. The lowest BCUT2D eigenvalue weighted by molar-refractivity contribution is -0.139. The molecule has 4 nitrogen and oxygen atoms in total. The SMILES string of the molecule is CC(C)CC(CC(C)C)N(CCN(C)C)CC(=O)O. The third-order valence-corrected chi connectivity index (χ3v) is 3.18. The molecule has 0 bridgehead atoms. The zero-order valence-electron chi connectivity index (χ0n) is 13.5. The molecule has 0 unspecified atom stereocenters. The van der Waals surface area contributed by atoms with E-state index in [4.69, 9.17) is 5.11 Å². The lowest BCUT2D eigenvalue weighted by atomic mass is 9.94. The van der Waals surface area contributed by atoms with Gasteiger partial charge in [0.05, 0.1) is 6.54 Å². The van der Waals surface area contributed by atoms with E-state index in [1.807, 2.05) is 14.1 Å². The summed E-state index contributed by atoms with van der Waals surface area (Å²) in [5.41, 5.74) is 0. The highest BCUT2D eigenvalue weighted by Crippen LogP contribution is 2.19. The molecule has 0 saturated heterocycles. The maximum atomic E-state index is 11.1. The Morgan fingerprint density at radius 3 is 1.79 bits per heavy atom. The Bertz CT molecular complexity index is 243. The lowest BCUT2D eigenvalue weighted by Crippen LogP contribution is -2.44. The monoisotopic (exact) mass is 272 g/mol. The molecule has 0 heterocycles. The van der Waals surface area contributed by atoms with Crippen molar-refractivity contribution in [2.75, 3.05) is 33.7 Å². The van der Waals surface area contributed by atoms with Crippen LogP contribution in [0, 0.1) is 11.8 Å². The van der Waals surface area contributed by atoms with Gasteiger partial charge >= 0.3 is 5.97 Å². The molecule has 0 rings (SSSR count). The quantitative estimate of drug-likeness (QED) is 0.663. The van der Waals surface area contributed by atoms with Crippen LogP contribution in [0.2, 0.25) is 0 Å². The molecule has 0 aromatic carbocycles. The fourth-order valence-electron chi connectivity index (χ4n) is 2.38. The predicted octanol–water partition coefficient (Wildman–Crippen LogP) is 2.40. The molecule has 0 atom stereocenters. The van der Waals surface area contributed by atoms with Gasteiger partial charge in [-0.3, -0.25) is 9.69 Å². The first kappa shape index (κ1) is 18.4.